The molecule has 3 aliphatic heterocycles. The van der Waals surface area contributed by atoms with Crippen LogP contribution in [0.4, 0.5) is 0 Å². The van der Waals surface area contributed by atoms with Crippen molar-refractivity contribution in [2.24, 2.45) is 44.8 Å². The van der Waals surface area contributed by atoms with E-state index < -0.39 is 109 Å². The Bertz CT molecular complexity index is 1680. The van der Waals surface area contributed by atoms with E-state index in [-0.39, 0.29) is 52.1 Å². The summed E-state index contributed by atoms with van der Waals surface area (Å²) in [6.07, 6.45) is -7.81. The van der Waals surface area contributed by atoms with E-state index >= 15 is 0 Å². The summed E-state index contributed by atoms with van der Waals surface area (Å²) in [5.41, 5.74) is -3.44. The Hall–Kier alpha value is -1.54. The van der Waals surface area contributed by atoms with Gasteiger partial charge >= 0.3 is 11.9 Å². The number of fused-ring (bicyclic) bond motifs is 2. The number of aliphatic hydroxyl groups is 7. The molecule has 21 atom stereocenters. The molecule has 61 heavy (non-hydrogen) atoms. The van der Waals surface area contributed by atoms with Crippen molar-refractivity contribution in [3.63, 3.8) is 0 Å². The molecule has 8 rings (SSSR count). The Morgan fingerprint density at radius 1 is 0.754 bits per heavy atom. The van der Waals surface area contributed by atoms with Gasteiger partial charge in [-0.05, 0) is 117 Å². The molecular formula is C45H72O16. The Morgan fingerprint density at radius 2 is 1.44 bits per heavy atom. The zero-order chi connectivity index (χ0) is 44.6. The number of rotatable bonds is 9. The smallest absolute Gasteiger partial charge is 0.303 e. The van der Waals surface area contributed by atoms with Gasteiger partial charge in [0.15, 0.2) is 24.8 Å². The summed E-state index contributed by atoms with van der Waals surface area (Å²) in [7, 11) is 0. The summed E-state index contributed by atoms with van der Waals surface area (Å²) in [6.45, 7) is 16.2. The van der Waals surface area contributed by atoms with Gasteiger partial charge in [-0.1, -0.05) is 27.7 Å². The monoisotopic (exact) mass is 868 g/mol. The van der Waals surface area contributed by atoms with E-state index in [9.17, 15) is 45.3 Å². The Balaban J connectivity index is 1.14. The number of carbonyl (C=O) groups is 2. The Kier molecular flexibility index (Phi) is 11.5. The molecule has 348 valence electrons. The van der Waals surface area contributed by atoms with Gasteiger partial charge in [0.2, 0.25) is 0 Å². The molecule has 3 heterocycles. The molecule has 7 N–H and O–H groups in total. The lowest BCUT2D eigenvalue weighted by Crippen LogP contribution is -2.65. The second-order valence-electron chi connectivity index (χ2n) is 22.2. The van der Waals surface area contributed by atoms with Gasteiger partial charge in [0.1, 0.15) is 30.5 Å². The van der Waals surface area contributed by atoms with Crippen LogP contribution < -0.4 is 0 Å². The predicted molar refractivity (Wildman–Crippen MR) is 213 cm³/mol. The fourth-order valence-electron chi connectivity index (χ4n) is 15.5. The van der Waals surface area contributed by atoms with Crippen molar-refractivity contribution in [2.75, 3.05) is 13.2 Å². The quantitative estimate of drug-likeness (QED) is 0.129. The van der Waals surface area contributed by atoms with Crippen molar-refractivity contribution in [3.8, 4) is 0 Å². The zero-order valence-electron chi connectivity index (χ0n) is 37.3. The minimum atomic E-state index is -1.63. The molecule has 0 aromatic rings. The topological polar surface area (TPSA) is 240 Å². The fourth-order valence-corrected chi connectivity index (χ4v) is 15.5. The molecule has 0 amide bonds. The minimum Gasteiger partial charge on any atom is -0.457 e. The van der Waals surface area contributed by atoms with E-state index in [1.54, 1.807) is 13.8 Å². The first-order valence-corrected chi connectivity index (χ1v) is 22.6. The van der Waals surface area contributed by atoms with Gasteiger partial charge in [0.25, 0.3) is 0 Å². The molecule has 16 heteroatoms. The molecule has 0 bridgehead atoms. The van der Waals surface area contributed by atoms with Crippen molar-refractivity contribution in [2.45, 2.75) is 211 Å². The third-order valence-electron chi connectivity index (χ3n) is 18.2. The van der Waals surface area contributed by atoms with E-state index in [0.29, 0.717) is 25.7 Å². The highest BCUT2D eigenvalue weighted by molar-refractivity contribution is 5.67. The summed E-state index contributed by atoms with van der Waals surface area (Å²) in [5.74, 6) is -1.62. The highest BCUT2D eigenvalue weighted by Gasteiger charge is 2.85. The molecule has 0 radical (unpaired) electrons. The second-order valence-corrected chi connectivity index (χ2v) is 22.2. The predicted octanol–water partition coefficient (Wildman–Crippen LogP) is 1.87. The molecule has 8 fully saturated rings. The van der Waals surface area contributed by atoms with Crippen LogP contribution in [0.2, 0.25) is 0 Å². The van der Waals surface area contributed by atoms with Gasteiger partial charge in [-0.3, -0.25) is 9.59 Å². The van der Waals surface area contributed by atoms with E-state index in [1.807, 2.05) is 0 Å². The van der Waals surface area contributed by atoms with Crippen LogP contribution in [-0.4, -0.2) is 152 Å². The number of esters is 2. The van der Waals surface area contributed by atoms with Gasteiger partial charge in [-0.2, -0.15) is 0 Å². The highest BCUT2D eigenvalue weighted by atomic mass is 16.7. The average Bonchev–Trinajstić information content (AvgIpc) is 3.52. The lowest BCUT2D eigenvalue weighted by atomic mass is 9.41. The van der Waals surface area contributed by atoms with Crippen LogP contribution in [0.25, 0.3) is 0 Å². The van der Waals surface area contributed by atoms with Gasteiger partial charge in [0, 0.05) is 19.8 Å². The molecule has 16 nitrogen and oxygen atoms in total. The lowest BCUT2D eigenvalue weighted by Gasteiger charge is -2.65. The van der Waals surface area contributed by atoms with Gasteiger partial charge < -0.3 is 68.9 Å². The van der Waals surface area contributed by atoms with Crippen molar-refractivity contribution >= 4 is 11.9 Å². The van der Waals surface area contributed by atoms with Gasteiger partial charge in [0.05, 0.1) is 48.8 Å². The molecular weight excluding hydrogens is 796 g/mol. The first-order chi connectivity index (χ1) is 28.3. The molecule has 5 aliphatic carbocycles. The maximum Gasteiger partial charge on any atom is 0.303 e. The SMILES string of the molecule is CC(=O)OC1COC(OC2CCC34CC35CCC3(C)C(C6(C)CCC(C(C)(C)O)O6)C(O)CC3(C)C5CC(OC3OC(CO)C(O)C(O)C3O)C4C2(C)C)C(OC(C)=O)C1O. The summed E-state index contributed by atoms with van der Waals surface area (Å²) in [6, 6.07) is 0. The Labute approximate surface area is 358 Å². The van der Waals surface area contributed by atoms with Crippen molar-refractivity contribution in [1.29, 1.82) is 0 Å². The third kappa shape index (κ3) is 6.89. The van der Waals surface area contributed by atoms with E-state index in [1.165, 1.54) is 13.8 Å². The summed E-state index contributed by atoms with van der Waals surface area (Å²) < 4.78 is 43.4. The van der Waals surface area contributed by atoms with E-state index in [0.717, 1.165) is 32.1 Å². The average molecular weight is 869 g/mol. The maximum absolute atomic E-state index is 12.3. The number of hydrogen-bond acceptors (Lipinski definition) is 16. The Morgan fingerprint density at radius 3 is 2.07 bits per heavy atom. The zero-order valence-corrected chi connectivity index (χ0v) is 37.3. The van der Waals surface area contributed by atoms with E-state index in [2.05, 4.69) is 34.6 Å². The summed E-state index contributed by atoms with van der Waals surface area (Å²) in [5, 5.41) is 77.6. The third-order valence-corrected chi connectivity index (χ3v) is 18.2. The van der Waals surface area contributed by atoms with Crippen molar-refractivity contribution in [1.82, 2.24) is 0 Å². The summed E-state index contributed by atoms with van der Waals surface area (Å²) >= 11 is 0. The molecule has 21 unspecified atom stereocenters. The molecule has 5 saturated carbocycles. The lowest BCUT2D eigenvalue weighted by molar-refractivity contribution is -0.339. The van der Waals surface area contributed by atoms with Crippen LogP contribution in [-0.2, 0) is 42.7 Å². The first-order valence-electron chi connectivity index (χ1n) is 22.6. The fraction of sp³-hybridized carbons (Fsp3) is 0.956. The summed E-state index contributed by atoms with van der Waals surface area (Å²) in [4.78, 5) is 24.1. The van der Waals surface area contributed by atoms with Gasteiger partial charge in [-0.25, -0.2) is 0 Å². The number of carbonyl (C=O) groups excluding carboxylic acids is 2. The van der Waals surface area contributed by atoms with Crippen LogP contribution in [0.1, 0.15) is 120 Å². The van der Waals surface area contributed by atoms with Crippen LogP contribution in [0, 0.1) is 44.8 Å². The van der Waals surface area contributed by atoms with E-state index in [4.69, 9.17) is 33.2 Å². The maximum atomic E-state index is 12.3. The molecule has 8 aliphatic rings. The number of aliphatic hydroxyl groups excluding tert-OH is 6. The number of ether oxygens (including phenoxy) is 7. The van der Waals surface area contributed by atoms with Crippen LogP contribution in [0.5, 0.6) is 0 Å². The van der Waals surface area contributed by atoms with Gasteiger partial charge in [-0.15, -0.1) is 0 Å². The first kappa shape index (κ1) is 46.0. The normalized spacial score (nSPS) is 53.8. The second kappa shape index (κ2) is 15.3. The van der Waals surface area contributed by atoms with Crippen molar-refractivity contribution in [3.05, 3.63) is 0 Å². The standard InChI is InChI=1S/C45H72O16/c1-21(47)56-26-19-55-38(34(31(26)51)57-22(2)48)60-28-11-13-45-20-44(45)15-14-41(7)35(43(9)12-10-29(61-43)40(5,6)54)23(49)17-42(41,8)27(44)16-24(36(45)39(28,3)4)58-37-33(53)32(52)30(50)25(18-46)59-37/h23-38,46,49-54H,10-20H2,1-9H3. The minimum absolute atomic E-state index is 0.0660. The molecule has 0 aromatic heterocycles. The van der Waals surface area contributed by atoms with Crippen LogP contribution >= 0.6 is 0 Å². The molecule has 3 saturated heterocycles. The highest BCUT2D eigenvalue weighted by Crippen LogP contribution is 2.89. The van der Waals surface area contributed by atoms with Crippen LogP contribution in [0.3, 0.4) is 0 Å². The van der Waals surface area contributed by atoms with Crippen molar-refractivity contribution < 1.29 is 78.5 Å². The largest absolute Gasteiger partial charge is 0.457 e. The molecule has 2 spiro atoms. The van der Waals surface area contributed by atoms with Crippen LogP contribution in [0.15, 0.2) is 0 Å². The number of hydrogen-bond donors (Lipinski definition) is 7. The molecule has 0 aromatic carbocycles.